The van der Waals surface area contributed by atoms with Crippen molar-refractivity contribution in [3.63, 3.8) is 0 Å². The maximum atomic E-state index is 13.3. The minimum atomic E-state index is -0.705. The van der Waals surface area contributed by atoms with Gasteiger partial charge in [0.2, 0.25) is 11.8 Å². The Hall–Kier alpha value is -2.65. The number of carbonyl (C=O) groups is 3. The van der Waals surface area contributed by atoms with Crippen LogP contribution >= 0.6 is 0 Å². The van der Waals surface area contributed by atoms with Crippen molar-refractivity contribution in [1.82, 2.24) is 10.2 Å². The molecule has 1 aliphatic heterocycles. The van der Waals surface area contributed by atoms with Crippen LogP contribution in [0.2, 0.25) is 0 Å². The van der Waals surface area contributed by atoms with E-state index < -0.39 is 29.1 Å². The van der Waals surface area contributed by atoms with Crippen LogP contribution in [-0.2, 0) is 14.3 Å². The number of nitrogens with zero attached hydrogens (tertiary/aromatic N) is 1. The molecule has 0 unspecified atom stereocenters. The minimum Gasteiger partial charge on any atom is -0.445 e. The highest BCUT2D eigenvalue weighted by molar-refractivity contribution is 5.84. The van der Waals surface area contributed by atoms with Crippen LogP contribution in [0.15, 0.2) is 24.3 Å². The second-order valence-corrected chi connectivity index (χ2v) is 12.1. The van der Waals surface area contributed by atoms with Gasteiger partial charge >= 0.3 is 6.09 Å². The zero-order chi connectivity index (χ0) is 27.7. The summed E-state index contributed by atoms with van der Waals surface area (Å²) in [5, 5.41) is 27.4. The monoisotopic (exact) mass is 529 g/mol. The number of benzene rings is 1. The third-order valence-corrected chi connectivity index (χ3v) is 9.57. The molecule has 4 N–H and O–H groups in total. The Morgan fingerprint density at radius 3 is 2.47 bits per heavy atom. The molecule has 0 spiro atoms. The van der Waals surface area contributed by atoms with Crippen LogP contribution in [0.1, 0.15) is 64.9 Å². The van der Waals surface area contributed by atoms with Crippen LogP contribution in [0.3, 0.4) is 0 Å². The number of amides is 3. The Kier molecular flexibility index (Phi) is 8.37. The molecular formula is C29H43N3O6. The Morgan fingerprint density at radius 2 is 1.82 bits per heavy atom. The molecule has 3 aliphatic rings. The number of carbonyl (C=O) groups excluding carboxylic acids is 3. The standard InChI is InChI=1S/C29H43N3O6/c1-18-5-7-20(8-6-18)31-27(37)38-25-11-13-28(3)22(23(35)9-10-24(28)29(25,4)17-33)15-26(36)32-14-12-21(16-32)30-19(2)34/h5-8,21-25,33,35H,9-17H2,1-4H3,(H,30,34)(H,31,37)/t21-,22+,23+,24+,25+,28-,29-/m0/s1. The zero-order valence-electron chi connectivity index (χ0n) is 23.0. The quantitative estimate of drug-likeness (QED) is 0.448. The molecule has 7 atom stereocenters. The second kappa shape index (κ2) is 11.2. The lowest BCUT2D eigenvalue weighted by atomic mass is 9.46. The highest BCUT2D eigenvalue weighted by atomic mass is 16.6. The SMILES string of the molecule is CC(=O)N[C@H]1CCN(C(=O)C[C@@H]2[C@H](O)CC[C@H]3[C@](C)(CO)[C@H](OC(=O)Nc4ccc(C)cc4)CC[C@]32C)C1. The summed E-state index contributed by atoms with van der Waals surface area (Å²) >= 11 is 0. The first-order valence-electron chi connectivity index (χ1n) is 13.8. The number of likely N-dealkylation sites (tertiary alicyclic amines) is 1. The van der Waals surface area contributed by atoms with Gasteiger partial charge in [0, 0.05) is 43.6 Å². The molecular weight excluding hydrogens is 486 g/mol. The van der Waals surface area contributed by atoms with Gasteiger partial charge in [0.05, 0.1) is 12.7 Å². The first kappa shape index (κ1) is 28.4. The molecule has 38 heavy (non-hydrogen) atoms. The van der Waals surface area contributed by atoms with E-state index in [2.05, 4.69) is 17.6 Å². The van der Waals surface area contributed by atoms with Gasteiger partial charge in [-0.05, 0) is 68.4 Å². The van der Waals surface area contributed by atoms with Crippen molar-refractivity contribution < 1.29 is 29.3 Å². The topological polar surface area (TPSA) is 128 Å². The van der Waals surface area contributed by atoms with E-state index in [-0.39, 0.29) is 42.7 Å². The van der Waals surface area contributed by atoms with Crippen molar-refractivity contribution >= 4 is 23.6 Å². The Labute approximate surface area is 225 Å². The van der Waals surface area contributed by atoms with Crippen LogP contribution in [0.5, 0.6) is 0 Å². The van der Waals surface area contributed by atoms with E-state index in [1.54, 1.807) is 4.90 Å². The van der Waals surface area contributed by atoms with Gasteiger partial charge in [-0.1, -0.05) is 31.5 Å². The molecule has 0 aromatic heterocycles. The molecule has 1 saturated heterocycles. The minimum absolute atomic E-state index is 0.00896. The summed E-state index contributed by atoms with van der Waals surface area (Å²) in [6, 6.07) is 7.44. The van der Waals surface area contributed by atoms with Crippen molar-refractivity contribution in [1.29, 1.82) is 0 Å². The maximum absolute atomic E-state index is 13.3. The summed E-state index contributed by atoms with van der Waals surface area (Å²) in [4.78, 5) is 39.3. The van der Waals surface area contributed by atoms with E-state index in [0.29, 0.717) is 44.5 Å². The normalized spacial score (nSPS) is 34.8. The lowest BCUT2D eigenvalue weighted by Gasteiger charge is -2.60. The number of aryl methyl sites for hydroxylation is 1. The number of nitrogens with one attached hydrogen (secondary N) is 2. The van der Waals surface area contributed by atoms with Gasteiger partial charge in [-0.15, -0.1) is 0 Å². The Morgan fingerprint density at radius 1 is 1.11 bits per heavy atom. The highest BCUT2D eigenvalue weighted by Gasteiger charge is 2.60. The summed E-state index contributed by atoms with van der Waals surface area (Å²) in [7, 11) is 0. The first-order valence-corrected chi connectivity index (χ1v) is 13.8. The fraction of sp³-hybridized carbons (Fsp3) is 0.690. The van der Waals surface area contributed by atoms with E-state index in [4.69, 9.17) is 4.74 Å². The van der Waals surface area contributed by atoms with Crippen molar-refractivity contribution in [3.05, 3.63) is 29.8 Å². The second-order valence-electron chi connectivity index (χ2n) is 12.1. The molecule has 210 valence electrons. The van der Waals surface area contributed by atoms with Gasteiger partial charge in [-0.3, -0.25) is 14.9 Å². The number of aliphatic hydroxyl groups is 2. The summed E-state index contributed by atoms with van der Waals surface area (Å²) in [5.74, 6) is -0.401. The van der Waals surface area contributed by atoms with Crippen molar-refractivity contribution in [2.45, 2.75) is 84.5 Å². The average molecular weight is 530 g/mol. The van der Waals surface area contributed by atoms with Gasteiger partial charge in [0.1, 0.15) is 6.10 Å². The van der Waals surface area contributed by atoms with Crippen LogP contribution in [0.4, 0.5) is 10.5 Å². The van der Waals surface area contributed by atoms with Gasteiger partial charge < -0.3 is 25.2 Å². The molecule has 2 saturated carbocycles. The predicted molar refractivity (Wildman–Crippen MR) is 143 cm³/mol. The number of ether oxygens (including phenoxy) is 1. The molecule has 2 aliphatic carbocycles. The van der Waals surface area contributed by atoms with Gasteiger partial charge in [-0.25, -0.2) is 4.79 Å². The largest absolute Gasteiger partial charge is 0.445 e. The van der Waals surface area contributed by atoms with E-state index in [0.717, 1.165) is 12.0 Å². The number of aliphatic hydroxyl groups excluding tert-OH is 2. The number of anilines is 1. The number of rotatable bonds is 6. The van der Waals surface area contributed by atoms with E-state index in [1.165, 1.54) is 6.92 Å². The average Bonchev–Trinajstić information content (AvgIpc) is 3.32. The molecule has 9 nitrogen and oxygen atoms in total. The molecule has 1 heterocycles. The highest BCUT2D eigenvalue weighted by Crippen LogP contribution is 2.61. The molecule has 3 amide bonds. The van der Waals surface area contributed by atoms with Crippen molar-refractivity contribution in [2.24, 2.45) is 22.7 Å². The van der Waals surface area contributed by atoms with Gasteiger partial charge in [-0.2, -0.15) is 0 Å². The summed E-state index contributed by atoms with van der Waals surface area (Å²) in [6.45, 7) is 8.47. The molecule has 1 aromatic rings. The van der Waals surface area contributed by atoms with E-state index >= 15 is 0 Å². The number of hydrogen-bond acceptors (Lipinski definition) is 6. The van der Waals surface area contributed by atoms with Gasteiger partial charge in [0.15, 0.2) is 0 Å². The molecule has 4 rings (SSSR count). The predicted octanol–water partition coefficient (Wildman–Crippen LogP) is 3.23. The van der Waals surface area contributed by atoms with Crippen molar-refractivity contribution in [3.8, 4) is 0 Å². The van der Waals surface area contributed by atoms with Crippen LogP contribution in [0, 0.1) is 29.6 Å². The molecule has 0 bridgehead atoms. The van der Waals surface area contributed by atoms with Gasteiger partial charge in [0.25, 0.3) is 0 Å². The summed E-state index contributed by atoms with van der Waals surface area (Å²) in [6.07, 6.45) is 1.74. The molecule has 3 fully saturated rings. The molecule has 9 heteroatoms. The van der Waals surface area contributed by atoms with E-state index in [9.17, 15) is 24.6 Å². The van der Waals surface area contributed by atoms with Crippen molar-refractivity contribution in [2.75, 3.05) is 25.0 Å². The maximum Gasteiger partial charge on any atom is 0.411 e. The summed E-state index contributed by atoms with van der Waals surface area (Å²) < 4.78 is 5.91. The lowest BCUT2D eigenvalue weighted by molar-refractivity contribution is -0.186. The first-order chi connectivity index (χ1) is 18.0. The zero-order valence-corrected chi connectivity index (χ0v) is 23.0. The third-order valence-electron chi connectivity index (χ3n) is 9.57. The van der Waals surface area contributed by atoms with Crippen LogP contribution < -0.4 is 10.6 Å². The molecule has 1 aromatic carbocycles. The van der Waals surface area contributed by atoms with E-state index in [1.807, 2.05) is 38.1 Å². The van der Waals surface area contributed by atoms with Crippen LogP contribution in [0.25, 0.3) is 0 Å². The van der Waals surface area contributed by atoms with Crippen LogP contribution in [-0.4, -0.2) is 71.0 Å². The fourth-order valence-corrected chi connectivity index (χ4v) is 7.40. The Bertz CT molecular complexity index is 1030. The fourth-order valence-electron chi connectivity index (χ4n) is 7.40. The lowest BCUT2D eigenvalue weighted by Crippen LogP contribution is -2.61. The number of fused-ring (bicyclic) bond motifs is 1. The smallest absolute Gasteiger partial charge is 0.411 e. The Balaban J connectivity index is 1.45. The molecule has 0 radical (unpaired) electrons. The number of hydrogen-bond donors (Lipinski definition) is 4. The summed E-state index contributed by atoms with van der Waals surface area (Å²) in [5.41, 5.74) is 0.639. The third kappa shape index (κ3) is 5.69.